The molecule has 0 fully saturated rings. The maximum Gasteiger partial charge on any atom is 0.344 e. The zero-order chi connectivity index (χ0) is 19.8. The quantitative estimate of drug-likeness (QED) is 0.725. The molecule has 27 heavy (non-hydrogen) atoms. The molecule has 0 aliphatic heterocycles. The minimum absolute atomic E-state index is 0.152. The van der Waals surface area contributed by atoms with E-state index in [-0.39, 0.29) is 17.4 Å². The van der Waals surface area contributed by atoms with Crippen LogP contribution in [0.1, 0.15) is 31.1 Å². The summed E-state index contributed by atoms with van der Waals surface area (Å²) in [5, 5.41) is 5.27. The van der Waals surface area contributed by atoms with Gasteiger partial charge in [0.05, 0.1) is 6.61 Å². The highest BCUT2D eigenvalue weighted by Gasteiger charge is 2.22. The predicted octanol–water partition coefficient (Wildman–Crippen LogP) is 2.62. The second-order valence-electron chi connectivity index (χ2n) is 5.58. The molecule has 2 rings (SSSR count). The Kier molecular flexibility index (Phi) is 6.87. The first-order valence-corrected chi connectivity index (χ1v) is 8.38. The van der Waals surface area contributed by atoms with Gasteiger partial charge in [0.2, 0.25) is 11.8 Å². The number of aromatic nitrogens is 1. The van der Waals surface area contributed by atoms with Crippen molar-refractivity contribution in [2.75, 3.05) is 17.2 Å². The van der Waals surface area contributed by atoms with Crippen LogP contribution in [0, 0.1) is 0 Å². The summed E-state index contributed by atoms with van der Waals surface area (Å²) < 4.78 is 10.5. The maximum absolute atomic E-state index is 12.3. The van der Waals surface area contributed by atoms with Crippen molar-refractivity contribution in [1.82, 2.24) is 4.98 Å². The van der Waals surface area contributed by atoms with E-state index < -0.39 is 18.0 Å². The van der Waals surface area contributed by atoms with E-state index in [1.54, 1.807) is 37.3 Å². The summed E-state index contributed by atoms with van der Waals surface area (Å²) in [6.07, 6.45) is 0.477. The summed E-state index contributed by atoms with van der Waals surface area (Å²) in [7, 11) is 0. The first-order valence-electron chi connectivity index (χ1n) is 8.38. The van der Waals surface area contributed by atoms with Gasteiger partial charge < -0.3 is 20.1 Å². The zero-order valence-electron chi connectivity index (χ0n) is 15.3. The van der Waals surface area contributed by atoms with Gasteiger partial charge in [-0.15, -0.1) is 0 Å². The fourth-order valence-electron chi connectivity index (χ4n) is 2.16. The second kappa shape index (κ2) is 9.33. The van der Waals surface area contributed by atoms with Gasteiger partial charge in [-0.1, -0.05) is 0 Å². The highest BCUT2D eigenvalue weighted by molar-refractivity contribution is 5.98. The van der Waals surface area contributed by atoms with Crippen LogP contribution >= 0.6 is 0 Å². The molecule has 0 bridgehead atoms. The highest BCUT2D eigenvalue weighted by Crippen LogP contribution is 2.17. The summed E-state index contributed by atoms with van der Waals surface area (Å²) >= 11 is 0. The van der Waals surface area contributed by atoms with Gasteiger partial charge in [-0.3, -0.25) is 9.59 Å². The third-order valence-electron chi connectivity index (χ3n) is 3.40. The molecule has 0 aliphatic rings. The number of nitrogens with one attached hydrogen (secondary N) is 2. The van der Waals surface area contributed by atoms with E-state index in [0.717, 1.165) is 0 Å². The number of nitrogens with zero attached hydrogens (tertiary/aromatic N) is 1. The predicted molar refractivity (Wildman–Crippen MR) is 99.7 cm³/mol. The van der Waals surface area contributed by atoms with E-state index in [1.807, 2.05) is 0 Å². The normalized spacial score (nSPS) is 11.2. The van der Waals surface area contributed by atoms with E-state index >= 15 is 0 Å². The van der Waals surface area contributed by atoms with Crippen LogP contribution in [0.2, 0.25) is 0 Å². The number of rotatable bonds is 7. The lowest BCUT2D eigenvalue weighted by atomic mass is 10.2. The molecule has 0 saturated heterocycles. The third kappa shape index (κ3) is 5.81. The fraction of sp³-hybridized carbons (Fsp3) is 0.263. The molecule has 8 nitrogen and oxygen atoms in total. The van der Waals surface area contributed by atoms with Crippen LogP contribution in [0.25, 0.3) is 0 Å². The Labute approximate surface area is 156 Å². The molecule has 0 aliphatic carbocycles. The molecule has 0 radical (unpaired) electrons. The van der Waals surface area contributed by atoms with E-state index in [9.17, 15) is 14.4 Å². The molecule has 0 saturated carbocycles. The van der Waals surface area contributed by atoms with Crippen molar-refractivity contribution in [3.05, 3.63) is 48.2 Å². The monoisotopic (exact) mass is 371 g/mol. The Hall–Kier alpha value is -3.42. The van der Waals surface area contributed by atoms with Gasteiger partial charge in [0.25, 0.3) is 5.91 Å². The zero-order valence-corrected chi connectivity index (χ0v) is 15.3. The average molecular weight is 371 g/mol. The van der Waals surface area contributed by atoms with Crippen LogP contribution in [0.5, 0.6) is 5.88 Å². The Bertz CT molecular complexity index is 820. The molecular formula is C19H21N3O5. The Morgan fingerprint density at radius 3 is 2.30 bits per heavy atom. The topological polar surface area (TPSA) is 107 Å². The SMILES string of the molecule is CCOc1ncccc1C(=O)O[C@H](C)C(=O)Nc1ccc(NC(C)=O)cc1. The molecular weight excluding hydrogens is 350 g/mol. The number of amides is 2. The van der Waals surface area contributed by atoms with Crippen molar-refractivity contribution in [1.29, 1.82) is 0 Å². The lowest BCUT2D eigenvalue weighted by Gasteiger charge is -2.15. The smallest absolute Gasteiger partial charge is 0.344 e. The van der Waals surface area contributed by atoms with Gasteiger partial charge in [0.1, 0.15) is 5.56 Å². The molecule has 142 valence electrons. The molecule has 1 aromatic carbocycles. The van der Waals surface area contributed by atoms with Crippen LogP contribution in [0.3, 0.4) is 0 Å². The third-order valence-corrected chi connectivity index (χ3v) is 3.40. The maximum atomic E-state index is 12.3. The Balaban J connectivity index is 1.97. The van der Waals surface area contributed by atoms with Crippen LogP contribution in [0.15, 0.2) is 42.6 Å². The van der Waals surface area contributed by atoms with Gasteiger partial charge in [0, 0.05) is 24.5 Å². The Morgan fingerprint density at radius 1 is 1.07 bits per heavy atom. The van der Waals surface area contributed by atoms with Crippen molar-refractivity contribution in [2.24, 2.45) is 0 Å². The minimum atomic E-state index is -1.03. The van der Waals surface area contributed by atoms with E-state index in [1.165, 1.54) is 26.1 Å². The molecule has 2 amide bonds. The summed E-state index contributed by atoms with van der Waals surface area (Å²) in [6, 6.07) is 9.67. The highest BCUT2D eigenvalue weighted by atomic mass is 16.5. The summed E-state index contributed by atoms with van der Waals surface area (Å²) in [5.74, 6) is -1.21. The Morgan fingerprint density at radius 2 is 1.70 bits per heavy atom. The van der Waals surface area contributed by atoms with Gasteiger partial charge in [-0.25, -0.2) is 9.78 Å². The minimum Gasteiger partial charge on any atom is -0.477 e. The molecule has 8 heteroatoms. The largest absolute Gasteiger partial charge is 0.477 e. The van der Waals surface area contributed by atoms with Crippen molar-refractivity contribution in [3.8, 4) is 5.88 Å². The molecule has 1 aromatic heterocycles. The van der Waals surface area contributed by atoms with Crippen molar-refractivity contribution in [3.63, 3.8) is 0 Å². The molecule has 0 unspecified atom stereocenters. The van der Waals surface area contributed by atoms with Crippen LogP contribution in [-0.2, 0) is 14.3 Å². The molecule has 1 heterocycles. The van der Waals surface area contributed by atoms with Gasteiger partial charge in [0.15, 0.2) is 6.10 Å². The first kappa shape index (κ1) is 19.9. The lowest BCUT2D eigenvalue weighted by Crippen LogP contribution is -2.30. The van der Waals surface area contributed by atoms with Gasteiger partial charge in [-0.2, -0.15) is 0 Å². The number of esters is 1. The van der Waals surface area contributed by atoms with Crippen LogP contribution < -0.4 is 15.4 Å². The number of anilines is 2. The number of hydrogen-bond donors (Lipinski definition) is 2. The van der Waals surface area contributed by atoms with E-state index in [4.69, 9.17) is 9.47 Å². The second-order valence-corrected chi connectivity index (χ2v) is 5.58. The van der Waals surface area contributed by atoms with Crippen LogP contribution in [-0.4, -0.2) is 35.5 Å². The van der Waals surface area contributed by atoms with E-state index in [2.05, 4.69) is 15.6 Å². The van der Waals surface area contributed by atoms with Crippen molar-refractivity contribution >= 4 is 29.2 Å². The number of ether oxygens (including phenoxy) is 2. The average Bonchev–Trinajstić information content (AvgIpc) is 2.63. The van der Waals surface area contributed by atoms with Crippen molar-refractivity contribution in [2.45, 2.75) is 26.9 Å². The number of carbonyl (C=O) groups excluding carboxylic acids is 3. The fourth-order valence-corrected chi connectivity index (χ4v) is 2.16. The van der Waals surface area contributed by atoms with Gasteiger partial charge in [-0.05, 0) is 50.2 Å². The lowest BCUT2D eigenvalue weighted by molar-refractivity contribution is -0.123. The molecule has 1 atom stereocenters. The molecule has 0 spiro atoms. The van der Waals surface area contributed by atoms with E-state index in [0.29, 0.717) is 18.0 Å². The number of pyridine rings is 1. The standard InChI is InChI=1S/C19H21N3O5/c1-4-26-18-16(6-5-11-20-18)19(25)27-12(2)17(24)22-15-9-7-14(8-10-15)21-13(3)23/h5-12H,4H2,1-3H3,(H,21,23)(H,22,24)/t12-/m1/s1. The van der Waals surface area contributed by atoms with Crippen LogP contribution in [0.4, 0.5) is 11.4 Å². The number of hydrogen-bond acceptors (Lipinski definition) is 6. The van der Waals surface area contributed by atoms with Gasteiger partial charge >= 0.3 is 5.97 Å². The number of carbonyl (C=O) groups is 3. The number of benzene rings is 1. The first-order chi connectivity index (χ1) is 12.9. The molecule has 2 aromatic rings. The summed E-state index contributed by atoms with van der Waals surface area (Å²) in [5.41, 5.74) is 1.27. The summed E-state index contributed by atoms with van der Waals surface area (Å²) in [4.78, 5) is 39.5. The van der Waals surface area contributed by atoms with Crippen molar-refractivity contribution < 1.29 is 23.9 Å². The molecule has 2 N–H and O–H groups in total. The summed E-state index contributed by atoms with van der Waals surface area (Å²) in [6.45, 7) is 5.00.